The summed E-state index contributed by atoms with van der Waals surface area (Å²) in [5.74, 6) is -0.281. The molecule has 2 amide bonds. The fourth-order valence-electron chi connectivity index (χ4n) is 4.78. The van der Waals surface area contributed by atoms with E-state index in [2.05, 4.69) is 5.32 Å². The number of para-hydroxylation sites is 1. The van der Waals surface area contributed by atoms with Crippen molar-refractivity contribution in [2.75, 3.05) is 28.1 Å². The Morgan fingerprint density at radius 3 is 2.68 bits per heavy atom. The van der Waals surface area contributed by atoms with Gasteiger partial charge in [0.25, 0.3) is 5.91 Å². The van der Waals surface area contributed by atoms with E-state index in [1.165, 1.54) is 6.07 Å². The maximum Gasteiger partial charge on any atom is 0.414 e. The van der Waals surface area contributed by atoms with Gasteiger partial charge in [0, 0.05) is 36.3 Å². The van der Waals surface area contributed by atoms with E-state index in [9.17, 15) is 20.0 Å². The van der Waals surface area contributed by atoms with Crippen molar-refractivity contribution in [3.05, 3.63) is 58.8 Å². The monoisotopic (exact) mass is 467 g/mol. The van der Waals surface area contributed by atoms with Gasteiger partial charge < -0.3 is 25.4 Å². The Morgan fingerprint density at radius 2 is 1.97 bits per heavy atom. The lowest BCUT2D eigenvalue weighted by Gasteiger charge is -2.42. The molecule has 1 saturated heterocycles. The minimum Gasteiger partial charge on any atom is -0.733 e. The van der Waals surface area contributed by atoms with Crippen molar-refractivity contribution in [3.63, 3.8) is 0 Å². The Morgan fingerprint density at radius 1 is 1.24 bits per heavy atom. The number of hydrogen-bond donors (Lipinski definition) is 2. The first kappa shape index (κ1) is 23.8. The lowest BCUT2D eigenvalue weighted by Crippen LogP contribution is -2.49. The largest absolute Gasteiger partial charge is 0.733 e. The molecule has 9 nitrogen and oxygen atoms in total. The van der Waals surface area contributed by atoms with Crippen LogP contribution in [-0.2, 0) is 11.3 Å². The van der Waals surface area contributed by atoms with E-state index in [-0.39, 0.29) is 41.6 Å². The van der Waals surface area contributed by atoms with Crippen molar-refractivity contribution < 1.29 is 19.5 Å². The van der Waals surface area contributed by atoms with Gasteiger partial charge in [-0.25, -0.2) is 4.79 Å². The number of rotatable bonds is 7. The highest BCUT2D eigenvalue weighted by Crippen LogP contribution is 2.35. The zero-order valence-corrected chi connectivity index (χ0v) is 19.6. The number of ether oxygens (including phenoxy) is 1. The first-order valence-electron chi connectivity index (χ1n) is 11.8. The van der Waals surface area contributed by atoms with Crippen molar-refractivity contribution >= 4 is 29.1 Å². The maximum atomic E-state index is 12.6. The van der Waals surface area contributed by atoms with Crippen LogP contribution in [0.4, 0.5) is 21.9 Å². The number of carbonyl (C=O) groups is 2. The normalized spacial score (nSPS) is 17.1. The van der Waals surface area contributed by atoms with Crippen molar-refractivity contribution in [1.82, 2.24) is 5.32 Å². The standard InChI is InChI=1S/C25H31N4O5/c1-3-6-17(2)26-24(30)18-9-10-22(23(15-18)29(32)33)27-13-11-20(12-14-27)28-21-8-5-4-7-19(21)16-34-25(28)31/h4-5,7-10,15,17,20,32H,3,6,11-14,16H2,1-2H3,(H,26,30)/q-1. The Labute approximate surface area is 199 Å². The Bertz CT molecular complexity index is 1040. The minimum absolute atomic E-state index is 0.0174. The van der Waals surface area contributed by atoms with Gasteiger partial charge in [-0.1, -0.05) is 31.5 Å². The van der Waals surface area contributed by atoms with Crippen LogP contribution < -0.4 is 20.3 Å². The highest BCUT2D eigenvalue weighted by Gasteiger charge is 2.34. The number of amides is 2. The number of nitrogens with one attached hydrogen (secondary N) is 1. The van der Waals surface area contributed by atoms with E-state index < -0.39 is 0 Å². The topological polar surface area (TPSA) is 108 Å². The van der Waals surface area contributed by atoms with Crippen LogP contribution in [0.15, 0.2) is 42.5 Å². The summed E-state index contributed by atoms with van der Waals surface area (Å²) in [7, 11) is 0. The zero-order chi connectivity index (χ0) is 24.2. The first-order valence-corrected chi connectivity index (χ1v) is 11.8. The van der Waals surface area contributed by atoms with E-state index in [1.807, 2.05) is 43.0 Å². The highest BCUT2D eigenvalue weighted by atomic mass is 16.8. The van der Waals surface area contributed by atoms with Gasteiger partial charge in [0.15, 0.2) is 0 Å². The summed E-state index contributed by atoms with van der Waals surface area (Å²) in [4.78, 5) is 28.8. The average molecular weight is 468 g/mol. The lowest BCUT2D eigenvalue weighted by molar-refractivity contribution is 0.0938. The molecule has 2 aliphatic heterocycles. The van der Waals surface area contributed by atoms with Crippen LogP contribution in [0.25, 0.3) is 0 Å². The molecule has 2 heterocycles. The molecule has 0 radical (unpaired) electrons. The molecule has 2 aromatic carbocycles. The smallest absolute Gasteiger partial charge is 0.414 e. The molecule has 2 aliphatic rings. The molecule has 1 fully saturated rings. The van der Waals surface area contributed by atoms with Gasteiger partial charge in [-0.2, -0.15) is 0 Å². The third-order valence-corrected chi connectivity index (χ3v) is 6.51. The molecular formula is C25H31N4O5-. The number of hydrogen-bond acceptors (Lipinski definition) is 7. The van der Waals surface area contributed by atoms with E-state index in [1.54, 1.807) is 17.0 Å². The van der Waals surface area contributed by atoms with Crippen molar-refractivity contribution in [1.29, 1.82) is 0 Å². The summed E-state index contributed by atoms with van der Waals surface area (Å²) >= 11 is 0. The Balaban J connectivity index is 1.48. The predicted molar refractivity (Wildman–Crippen MR) is 130 cm³/mol. The summed E-state index contributed by atoms with van der Waals surface area (Å²) in [5, 5.41) is 24.4. The van der Waals surface area contributed by atoms with Gasteiger partial charge in [-0.3, -0.25) is 14.9 Å². The van der Waals surface area contributed by atoms with Gasteiger partial charge in [-0.05, 0) is 50.5 Å². The van der Waals surface area contributed by atoms with Gasteiger partial charge in [0.1, 0.15) is 6.61 Å². The molecule has 0 aliphatic carbocycles. The van der Waals surface area contributed by atoms with Crippen molar-refractivity contribution in [2.24, 2.45) is 0 Å². The molecule has 0 bridgehead atoms. The van der Waals surface area contributed by atoms with Crippen LogP contribution in [0, 0.1) is 5.21 Å². The number of benzene rings is 2. The average Bonchev–Trinajstić information content (AvgIpc) is 2.84. The van der Waals surface area contributed by atoms with Crippen LogP contribution in [0.2, 0.25) is 0 Å². The highest BCUT2D eigenvalue weighted by molar-refractivity contribution is 5.96. The maximum absolute atomic E-state index is 12.6. The van der Waals surface area contributed by atoms with Gasteiger partial charge >= 0.3 is 6.09 Å². The van der Waals surface area contributed by atoms with Crippen LogP contribution >= 0.6 is 0 Å². The molecule has 2 aromatic rings. The van der Waals surface area contributed by atoms with Crippen molar-refractivity contribution in [3.8, 4) is 0 Å². The number of piperidine rings is 1. The number of cyclic esters (lactones) is 1. The third-order valence-electron chi connectivity index (χ3n) is 6.51. The van der Waals surface area contributed by atoms with Gasteiger partial charge in [0.2, 0.25) is 0 Å². The number of carbonyl (C=O) groups excluding carboxylic acids is 2. The molecular weight excluding hydrogens is 436 g/mol. The molecule has 0 aromatic heterocycles. The van der Waals surface area contributed by atoms with E-state index >= 15 is 0 Å². The summed E-state index contributed by atoms with van der Waals surface area (Å²) in [6.45, 7) is 5.42. The van der Waals surface area contributed by atoms with Crippen LogP contribution in [0.1, 0.15) is 55.5 Å². The fourth-order valence-corrected chi connectivity index (χ4v) is 4.78. The first-order chi connectivity index (χ1) is 16.4. The third kappa shape index (κ3) is 4.95. The molecule has 182 valence electrons. The zero-order valence-electron chi connectivity index (χ0n) is 19.6. The number of nitrogens with zero attached hydrogens (tertiary/aromatic N) is 3. The lowest BCUT2D eigenvalue weighted by atomic mass is 9.99. The van der Waals surface area contributed by atoms with Crippen LogP contribution in [0.5, 0.6) is 0 Å². The molecule has 34 heavy (non-hydrogen) atoms. The predicted octanol–water partition coefficient (Wildman–Crippen LogP) is 4.42. The molecule has 0 saturated carbocycles. The van der Waals surface area contributed by atoms with E-state index in [0.29, 0.717) is 37.2 Å². The minimum atomic E-state index is -0.341. The number of fused-ring (bicyclic) bond motifs is 1. The SMILES string of the molecule is CCCC(C)NC(=O)c1ccc(N2CCC(N3C(=O)OCc4ccccc43)CC2)c(N([O-])O)c1. The summed E-state index contributed by atoms with van der Waals surface area (Å²) < 4.78 is 5.36. The van der Waals surface area contributed by atoms with E-state index in [0.717, 1.165) is 24.1 Å². The fraction of sp³-hybridized carbons (Fsp3) is 0.440. The second kappa shape index (κ2) is 10.3. The molecule has 0 spiro atoms. The molecule has 1 unspecified atom stereocenters. The van der Waals surface area contributed by atoms with Gasteiger partial charge in [0.05, 0.1) is 17.1 Å². The Hall–Kier alpha value is -3.30. The number of anilines is 3. The second-order valence-electron chi connectivity index (χ2n) is 8.91. The molecule has 1 atom stereocenters. The summed E-state index contributed by atoms with van der Waals surface area (Å²) in [6.07, 6.45) is 2.81. The van der Waals surface area contributed by atoms with Crippen LogP contribution in [0.3, 0.4) is 0 Å². The molecule has 9 heteroatoms. The van der Waals surface area contributed by atoms with Gasteiger partial charge in [-0.15, -0.1) is 0 Å². The molecule has 2 N–H and O–H groups in total. The van der Waals surface area contributed by atoms with Crippen LogP contribution in [-0.4, -0.2) is 42.4 Å². The second-order valence-corrected chi connectivity index (χ2v) is 8.91. The molecule has 4 rings (SSSR count). The Kier molecular flexibility index (Phi) is 7.23. The van der Waals surface area contributed by atoms with E-state index in [4.69, 9.17) is 4.74 Å². The quantitative estimate of drug-likeness (QED) is 0.580. The summed E-state index contributed by atoms with van der Waals surface area (Å²) in [6, 6.07) is 12.5. The summed E-state index contributed by atoms with van der Waals surface area (Å²) in [5.41, 5.74) is 2.76. The van der Waals surface area contributed by atoms with Crippen molar-refractivity contribution in [2.45, 2.75) is 58.2 Å².